The highest BCUT2D eigenvalue weighted by Crippen LogP contribution is 2.34. The van der Waals surface area contributed by atoms with Crippen molar-refractivity contribution < 1.29 is 14.3 Å². The zero-order valence-electron chi connectivity index (χ0n) is 17.0. The van der Waals surface area contributed by atoms with Gasteiger partial charge in [0.1, 0.15) is 17.4 Å². The maximum absolute atomic E-state index is 13.1. The topological polar surface area (TPSA) is 72.4 Å². The summed E-state index contributed by atoms with van der Waals surface area (Å²) in [4.78, 5) is 25.3. The number of aldehydes is 1. The van der Waals surface area contributed by atoms with Crippen molar-refractivity contribution >= 4 is 40.3 Å². The van der Waals surface area contributed by atoms with Gasteiger partial charge in [-0.25, -0.2) is 0 Å². The molecule has 0 N–H and O–H groups in total. The van der Waals surface area contributed by atoms with Gasteiger partial charge in [-0.1, -0.05) is 42.0 Å². The Hall–Kier alpha value is -2.77. The highest BCUT2D eigenvalue weighted by atomic mass is 35.5. The van der Waals surface area contributed by atoms with Gasteiger partial charge in [-0.3, -0.25) is 14.5 Å². The highest BCUT2D eigenvalue weighted by molar-refractivity contribution is 7.18. The van der Waals surface area contributed by atoms with Crippen molar-refractivity contribution in [2.45, 2.75) is 27.2 Å². The van der Waals surface area contributed by atoms with E-state index in [4.69, 9.17) is 16.3 Å². The molecule has 0 radical (unpaired) electrons. The Bertz CT molecular complexity index is 1040. The SMILES string of the molecule is CCCN(C(=O)c1ccccc1Cl)c1nnc(-c2cc(C)c(OCC=O)c(C)c2)s1. The van der Waals surface area contributed by atoms with Crippen molar-refractivity contribution in [2.75, 3.05) is 18.1 Å². The van der Waals surface area contributed by atoms with E-state index in [0.717, 1.165) is 29.4 Å². The minimum atomic E-state index is -0.199. The van der Waals surface area contributed by atoms with Gasteiger partial charge in [0.25, 0.3) is 5.91 Å². The van der Waals surface area contributed by atoms with Crippen LogP contribution in [0.1, 0.15) is 34.8 Å². The lowest BCUT2D eigenvalue weighted by Gasteiger charge is -2.19. The number of aryl methyl sites for hydroxylation is 2. The number of aromatic nitrogens is 2. The fraction of sp³-hybridized carbons (Fsp3) is 0.273. The smallest absolute Gasteiger partial charge is 0.261 e. The quantitative estimate of drug-likeness (QED) is 0.452. The van der Waals surface area contributed by atoms with Gasteiger partial charge in [0.05, 0.1) is 10.6 Å². The second-order valence-corrected chi connectivity index (χ2v) is 8.11. The minimum Gasteiger partial charge on any atom is -0.486 e. The number of hydrogen-bond acceptors (Lipinski definition) is 6. The summed E-state index contributed by atoms with van der Waals surface area (Å²) in [6.45, 7) is 6.36. The summed E-state index contributed by atoms with van der Waals surface area (Å²) in [6.07, 6.45) is 1.49. The monoisotopic (exact) mass is 443 g/mol. The minimum absolute atomic E-state index is 0.0140. The van der Waals surface area contributed by atoms with Crippen molar-refractivity contribution in [3.63, 3.8) is 0 Å². The number of carbonyl (C=O) groups excluding carboxylic acids is 2. The lowest BCUT2D eigenvalue weighted by Crippen LogP contribution is -2.31. The standard InChI is InChI=1S/C22H22ClN3O3S/c1-4-9-26(21(28)17-7-5-6-8-18(17)23)22-25-24-20(30-22)16-12-14(2)19(15(3)13-16)29-11-10-27/h5-8,10,12-13H,4,9,11H2,1-3H3. The van der Waals surface area contributed by atoms with E-state index in [1.807, 2.05) is 32.9 Å². The molecule has 3 rings (SSSR count). The van der Waals surface area contributed by atoms with Gasteiger partial charge in [0.15, 0.2) is 6.29 Å². The maximum Gasteiger partial charge on any atom is 0.261 e. The molecule has 0 bridgehead atoms. The second-order valence-electron chi connectivity index (χ2n) is 6.74. The van der Waals surface area contributed by atoms with Gasteiger partial charge in [-0.05, 0) is 55.7 Å². The molecule has 0 spiro atoms. The Kier molecular flexibility index (Phi) is 7.18. The first-order valence-electron chi connectivity index (χ1n) is 9.54. The van der Waals surface area contributed by atoms with Gasteiger partial charge in [-0.2, -0.15) is 0 Å². The van der Waals surface area contributed by atoms with Crippen LogP contribution in [0.5, 0.6) is 5.75 Å². The molecule has 1 heterocycles. The van der Waals surface area contributed by atoms with Crippen LogP contribution in [0.25, 0.3) is 10.6 Å². The second kappa shape index (κ2) is 9.82. The number of nitrogens with zero attached hydrogens (tertiary/aromatic N) is 3. The van der Waals surface area contributed by atoms with Crippen LogP contribution in [0, 0.1) is 13.8 Å². The summed E-state index contributed by atoms with van der Waals surface area (Å²) < 4.78 is 5.51. The number of ether oxygens (including phenoxy) is 1. The molecule has 0 unspecified atom stereocenters. The summed E-state index contributed by atoms with van der Waals surface area (Å²) in [5.41, 5.74) is 3.13. The van der Waals surface area contributed by atoms with Gasteiger partial charge in [0.2, 0.25) is 5.13 Å². The van der Waals surface area contributed by atoms with Gasteiger partial charge in [-0.15, -0.1) is 10.2 Å². The number of benzene rings is 2. The van der Waals surface area contributed by atoms with Crippen LogP contribution in [-0.4, -0.2) is 35.5 Å². The summed E-state index contributed by atoms with van der Waals surface area (Å²) in [6, 6.07) is 10.9. The molecule has 0 saturated carbocycles. The van der Waals surface area contributed by atoms with Gasteiger partial charge < -0.3 is 4.74 Å². The van der Waals surface area contributed by atoms with Crippen LogP contribution in [0.3, 0.4) is 0 Å². The first-order chi connectivity index (χ1) is 14.5. The Morgan fingerprint density at radius 2 is 1.90 bits per heavy atom. The van der Waals surface area contributed by atoms with Crippen molar-refractivity contribution in [1.82, 2.24) is 10.2 Å². The van der Waals surface area contributed by atoms with Crippen molar-refractivity contribution in [2.24, 2.45) is 0 Å². The van der Waals surface area contributed by atoms with Crippen molar-refractivity contribution in [3.05, 3.63) is 58.1 Å². The molecule has 3 aromatic rings. The van der Waals surface area contributed by atoms with E-state index < -0.39 is 0 Å². The molecule has 8 heteroatoms. The van der Waals surface area contributed by atoms with Crippen LogP contribution < -0.4 is 9.64 Å². The summed E-state index contributed by atoms with van der Waals surface area (Å²) >= 11 is 7.57. The van der Waals surface area contributed by atoms with Gasteiger partial charge in [0, 0.05) is 12.1 Å². The van der Waals surface area contributed by atoms with E-state index in [-0.39, 0.29) is 12.5 Å². The Labute approximate surface area is 184 Å². The average Bonchev–Trinajstić information content (AvgIpc) is 3.21. The number of carbonyl (C=O) groups is 2. The molecule has 6 nitrogen and oxygen atoms in total. The van der Waals surface area contributed by atoms with E-state index in [0.29, 0.717) is 33.0 Å². The Balaban J connectivity index is 1.92. The molecule has 0 aliphatic rings. The van der Waals surface area contributed by atoms with E-state index >= 15 is 0 Å². The molecule has 156 valence electrons. The van der Waals surface area contributed by atoms with Gasteiger partial charge >= 0.3 is 0 Å². The molecule has 0 aliphatic heterocycles. The van der Waals surface area contributed by atoms with Crippen LogP contribution >= 0.6 is 22.9 Å². The Morgan fingerprint density at radius 3 is 2.53 bits per heavy atom. The zero-order chi connectivity index (χ0) is 21.7. The molecule has 0 atom stereocenters. The third-order valence-electron chi connectivity index (χ3n) is 4.44. The predicted molar refractivity (Wildman–Crippen MR) is 120 cm³/mol. The molecule has 2 aromatic carbocycles. The summed E-state index contributed by atoms with van der Waals surface area (Å²) in [5.74, 6) is 0.493. The summed E-state index contributed by atoms with van der Waals surface area (Å²) in [5, 5.41) is 10.2. The van der Waals surface area contributed by atoms with Crippen LogP contribution in [0.2, 0.25) is 5.02 Å². The van der Waals surface area contributed by atoms with E-state index in [1.54, 1.807) is 29.2 Å². The largest absolute Gasteiger partial charge is 0.486 e. The average molecular weight is 444 g/mol. The first kappa shape index (κ1) is 21.9. The number of hydrogen-bond donors (Lipinski definition) is 0. The maximum atomic E-state index is 13.1. The number of anilines is 1. The molecular weight excluding hydrogens is 422 g/mol. The first-order valence-corrected chi connectivity index (χ1v) is 10.7. The number of rotatable bonds is 8. The molecular formula is C22H22ClN3O3S. The summed E-state index contributed by atoms with van der Waals surface area (Å²) in [7, 11) is 0. The fourth-order valence-electron chi connectivity index (χ4n) is 3.15. The Morgan fingerprint density at radius 1 is 1.20 bits per heavy atom. The van der Waals surface area contributed by atoms with E-state index in [9.17, 15) is 9.59 Å². The molecule has 0 saturated heterocycles. The molecule has 0 fully saturated rings. The molecule has 30 heavy (non-hydrogen) atoms. The van der Waals surface area contributed by atoms with E-state index in [1.165, 1.54) is 11.3 Å². The predicted octanol–water partition coefficient (Wildman–Crippen LogP) is 5.11. The fourth-order valence-corrected chi connectivity index (χ4v) is 4.22. The van der Waals surface area contributed by atoms with E-state index in [2.05, 4.69) is 10.2 Å². The van der Waals surface area contributed by atoms with Crippen LogP contribution in [-0.2, 0) is 4.79 Å². The lowest BCUT2D eigenvalue weighted by atomic mass is 10.1. The number of halogens is 1. The van der Waals surface area contributed by atoms with Crippen molar-refractivity contribution in [1.29, 1.82) is 0 Å². The molecule has 1 amide bonds. The highest BCUT2D eigenvalue weighted by Gasteiger charge is 2.23. The normalized spacial score (nSPS) is 10.7. The third kappa shape index (κ3) is 4.68. The van der Waals surface area contributed by atoms with Crippen LogP contribution in [0.15, 0.2) is 36.4 Å². The van der Waals surface area contributed by atoms with Crippen molar-refractivity contribution in [3.8, 4) is 16.3 Å². The third-order valence-corrected chi connectivity index (χ3v) is 5.77. The lowest BCUT2D eigenvalue weighted by molar-refractivity contribution is -0.109. The zero-order valence-corrected chi connectivity index (χ0v) is 18.6. The molecule has 1 aromatic heterocycles. The van der Waals surface area contributed by atoms with Crippen LogP contribution in [0.4, 0.5) is 5.13 Å². The molecule has 0 aliphatic carbocycles. The number of amides is 1.